The van der Waals surface area contributed by atoms with E-state index in [1.807, 2.05) is 13.0 Å². The summed E-state index contributed by atoms with van der Waals surface area (Å²) in [5, 5.41) is 7.98. The molecule has 1 saturated heterocycles. The van der Waals surface area contributed by atoms with E-state index >= 15 is 0 Å². The van der Waals surface area contributed by atoms with Crippen LogP contribution in [0.5, 0.6) is 0 Å². The van der Waals surface area contributed by atoms with Gasteiger partial charge in [0.1, 0.15) is 5.76 Å². The predicted molar refractivity (Wildman–Crippen MR) is 111 cm³/mol. The fourth-order valence-corrected chi connectivity index (χ4v) is 4.39. The molecule has 2 aromatic rings. The average molecular weight is 390 g/mol. The number of nitrogens with zero attached hydrogens (tertiary/aromatic N) is 3. The van der Waals surface area contributed by atoms with Gasteiger partial charge in [0.05, 0.1) is 29.6 Å². The van der Waals surface area contributed by atoms with Crippen molar-refractivity contribution in [2.75, 3.05) is 26.2 Å². The van der Waals surface area contributed by atoms with E-state index in [4.69, 9.17) is 9.41 Å². The second-order valence-corrected chi connectivity index (χ2v) is 8.23. The number of aliphatic imine (C=N–C) groups is 1. The molecule has 27 heavy (non-hydrogen) atoms. The van der Waals surface area contributed by atoms with E-state index in [1.165, 1.54) is 24.1 Å². The molecule has 0 bridgehead atoms. The Morgan fingerprint density at radius 1 is 1.30 bits per heavy atom. The van der Waals surface area contributed by atoms with Crippen LogP contribution in [0.15, 0.2) is 27.8 Å². The van der Waals surface area contributed by atoms with Gasteiger partial charge in [0.15, 0.2) is 5.96 Å². The molecule has 0 aromatic carbocycles. The molecule has 0 saturated carbocycles. The summed E-state index contributed by atoms with van der Waals surface area (Å²) in [5.41, 5.74) is 1.08. The van der Waals surface area contributed by atoms with E-state index in [-0.39, 0.29) is 6.04 Å². The highest BCUT2D eigenvalue weighted by atomic mass is 32.1. The number of nitrogens with one attached hydrogen (secondary N) is 2. The molecule has 3 rings (SSSR count). The number of hydrogen-bond acceptors (Lipinski definition) is 5. The number of guanidine groups is 1. The first-order chi connectivity index (χ1) is 13.2. The smallest absolute Gasteiger partial charge is 0.191 e. The maximum absolute atomic E-state index is 5.74. The van der Waals surface area contributed by atoms with Crippen LogP contribution in [-0.2, 0) is 6.54 Å². The van der Waals surface area contributed by atoms with E-state index in [0.29, 0.717) is 6.54 Å². The summed E-state index contributed by atoms with van der Waals surface area (Å²) in [6, 6.07) is 4.28. The summed E-state index contributed by atoms with van der Waals surface area (Å²) in [4.78, 5) is 13.0. The molecule has 2 N–H and O–H groups in total. The van der Waals surface area contributed by atoms with Gasteiger partial charge in [0.2, 0.25) is 0 Å². The predicted octanol–water partition coefficient (Wildman–Crippen LogP) is 3.64. The van der Waals surface area contributed by atoms with Crippen LogP contribution >= 0.6 is 11.3 Å². The van der Waals surface area contributed by atoms with Crippen LogP contribution in [0.1, 0.15) is 53.6 Å². The number of piperidine rings is 1. The van der Waals surface area contributed by atoms with E-state index in [9.17, 15) is 0 Å². The monoisotopic (exact) mass is 389 g/mol. The van der Waals surface area contributed by atoms with Gasteiger partial charge in [-0.25, -0.2) is 9.98 Å². The minimum atomic E-state index is 0.233. The summed E-state index contributed by atoms with van der Waals surface area (Å²) in [6.07, 6.45) is 5.61. The third-order valence-electron chi connectivity index (χ3n) is 4.89. The lowest BCUT2D eigenvalue weighted by Gasteiger charge is -2.33. The first-order valence-electron chi connectivity index (χ1n) is 9.90. The van der Waals surface area contributed by atoms with Gasteiger partial charge < -0.3 is 15.1 Å². The lowest BCUT2D eigenvalue weighted by Crippen LogP contribution is -2.44. The molecule has 1 aliphatic heterocycles. The van der Waals surface area contributed by atoms with Crippen molar-refractivity contribution in [2.24, 2.45) is 4.99 Å². The summed E-state index contributed by atoms with van der Waals surface area (Å²) in [7, 11) is 0. The fraction of sp³-hybridized carbons (Fsp3) is 0.600. The zero-order valence-corrected chi connectivity index (χ0v) is 17.4. The largest absolute Gasteiger partial charge is 0.468 e. The number of rotatable bonds is 7. The van der Waals surface area contributed by atoms with Crippen molar-refractivity contribution in [2.45, 2.75) is 52.6 Å². The minimum absolute atomic E-state index is 0.233. The Bertz CT molecular complexity index is 719. The third-order valence-corrected chi connectivity index (χ3v) is 5.95. The van der Waals surface area contributed by atoms with Crippen molar-refractivity contribution in [3.8, 4) is 0 Å². The number of likely N-dealkylation sites (tertiary alicyclic amines) is 1. The highest BCUT2D eigenvalue weighted by molar-refractivity contribution is 7.11. The standard InChI is InChI=1S/C20H31N5OS/c1-4-21-20(23-14-19-15(2)24-16(3)27-19)22-13-17(18-9-8-12-26-18)25-10-6-5-7-11-25/h8-9,12,17H,4-7,10-11,13-14H2,1-3H3,(H2,21,22,23). The van der Waals surface area contributed by atoms with Gasteiger partial charge in [-0.2, -0.15) is 0 Å². The van der Waals surface area contributed by atoms with Crippen LogP contribution in [0, 0.1) is 13.8 Å². The molecule has 0 aliphatic carbocycles. The van der Waals surface area contributed by atoms with Crippen LogP contribution < -0.4 is 10.6 Å². The molecule has 6 nitrogen and oxygen atoms in total. The molecule has 1 fully saturated rings. The van der Waals surface area contributed by atoms with Gasteiger partial charge in [-0.15, -0.1) is 11.3 Å². The SMILES string of the molecule is CCNC(=NCc1sc(C)nc1C)NCC(c1ccco1)N1CCCCC1. The van der Waals surface area contributed by atoms with Crippen LogP contribution in [-0.4, -0.2) is 42.0 Å². The third kappa shape index (κ3) is 5.56. The summed E-state index contributed by atoms with van der Waals surface area (Å²) >= 11 is 1.72. The van der Waals surface area contributed by atoms with Crippen molar-refractivity contribution < 1.29 is 4.42 Å². The molecule has 0 radical (unpaired) electrons. The van der Waals surface area contributed by atoms with E-state index in [2.05, 4.69) is 40.4 Å². The Morgan fingerprint density at radius 2 is 2.11 bits per heavy atom. The number of aryl methyl sites for hydroxylation is 2. The molecule has 1 atom stereocenters. The van der Waals surface area contributed by atoms with Crippen molar-refractivity contribution in [1.29, 1.82) is 0 Å². The zero-order chi connectivity index (χ0) is 19.1. The van der Waals surface area contributed by atoms with Crippen LogP contribution in [0.3, 0.4) is 0 Å². The molecule has 1 unspecified atom stereocenters. The van der Waals surface area contributed by atoms with E-state index < -0.39 is 0 Å². The molecular formula is C20H31N5OS. The topological polar surface area (TPSA) is 65.7 Å². The second-order valence-electron chi connectivity index (χ2n) is 6.95. The van der Waals surface area contributed by atoms with Gasteiger partial charge in [-0.05, 0) is 58.8 Å². The Morgan fingerprint density at radius 3 is 2.74 bits per heavy atom. The Balaban J connectivity index is 1.66. The van der Waals surface area contributed by atoms with Crippen LogP contribution in [0.4, 0.5) is 0 Å². The minimum Gasteiger partial charge on any atom is -0.468 e. The quantitative estimate of drug-likeness (QED) is 0.559. The van der Waals surface area contributed by atoms with Crippen molar-refractivity contribution in [3.63, 3.8) is 0 Å². The summed E-state index contributed by atoms with van der Waals surface area (Å²) in [5.74, 6) is 1.87. The van der Waals surface area contributed by atoms with Gasteiger partial charge >= 0.3 is 0 Å². The molecule has 0 amide bonds. The first kappa shape index (κ1) is 19.9. The molecule has 7 heteroatoms. The molecule has 1 aliphatic rings. The molecule has 2 aromatic heterocycles. The summed E-state index contributed by atoms with van der Waals surface area (Å²) in [6.45, 7) is 10.7. The van der Waals surface area contributed by atoms with E-state index in [0.717, 1.165) is 48.6 Å². The lowest BCUT2D eigenvalue weighted by molar-refractivity contribution is 0.146. The molecule has 148 valence electrons. The van der Waals surface area contributed by atoms with Gasteiger partial charge in [-0.3, -0.25) is 4.90 Å². The first-order valence-corrected chi connectivity index (χ1v) is 10.7. The molecule has 3 heterocycles. The second kappa shape index (κ2) is 9.90. The van der Waals surface area contributed by atoms with Crippen LogP contribution in [0.25, 0.3) is 0 Å². The highest BCUT2D eigenvalue weighted by Gasteiger charge is 2.24. The molecular weight excluding hydrogens is 358 g/mol. The van der Waals surface area contributed by atoms with Gasteiger partial charge in [0.25, 0.3) is 0 Å². The number of hydrogen-bond donors (Lipinski definition) is 2. The van der Waals surface area contributed by atoms with Crippen LogP contribution in [0.2, 0.25) is 0 Å². The average Bonchev–Trinajstić information content (AvgIpc) is 3.30. The van der Waals surface area contributed by atoms with Gasteiger partial charge in [0, 0.05) is 18.0 Å². The summed E-state index contributed by atoms with van der Waals surface area (Å²) < 4.78 is 5.74. The van der Waals surface area contributed by atoms with Gasteiger partial charge in [-0.1, -0.05) is 6.42 Å². The number of furan rings is 1. The Hall–Kier alpha value is -1.86. The number of thiazole rings is 1. The van der Waals surface area contributed by atoms with Crippen molar-refractivity contribution in [1.82, 2.24) is 20.5 Å². The lowest BCUT2D eigenvalue weighted by atomic mass is 10.1. The fourth-order valence-electron chi connectivity index (χ4n) is 3.53. The Kier molecular flexibility index (Phi) is 7.29. The normalized spacial score (nSPS) is 17.1. The molecule has 0 spiro atoms. The maximum atomic E-state index is 5.74. The Labute approximate surface area is 166 Å². The zero-order valence-electron chi connectivity index (χ0n) is 16.6. The maximum Gasteiger partial charge on any atom is 0.191 e. The van der Waals surface area contributed by atoms with Crippen molar-refractivity contribution >= 4 is 17.3 Å². The highest BCUT2D eigenvalue weighted by Crippen LogP contribution is 2.24. The number of aromatic nitrogens is 1. The van der Waals surface area contributed by atoms with Crippen molar-refractivity contribution in [3.05, 3.63) is 39.7 Å². The van der Waals surface area contributed by atoms with E-state index in [1.54, 1.807) is 17.6 Å².